The van der Waals surface area contributed by atoms with Crippen LogP contribution in [-0.4, -0.2) is 41.2 Å². The van der Waals surface area contributed by atoms with E-state index in [0.717, 1.165) is 66.7 Å². The molecule has 1 atom stereocenters. The van der Waals surface area contributed by atoms with E-state index in [-0.39, 0.29) is 5.02 Å². The normalized spacial score (nSPS) is 19.8. The zero-order valence-electron chi connectivity index (χ0n) is 16.9. The number of fused-ring (bicyclic) bond motifs is 3. The van der Waals surface area contributed by atoms with Crippen molar-refractivity contribution in [3.8, 4) is 0 Å². The van der Waals surface area contributed by atoms with Crippen LogP contribution in [-0.2, 0) is 24.1 Å². The third kappa shape index (κ3) is 4.04. The minimum Gasteiger partial charge on any atom is -0.379 e. The van der Waals surface area contributed by atoms with E-state index in [0.29, 0.717) is 12.5 Å². The molecular formula is C22H24ClFN4OS. The number of hydrogen-bond donors (Lipinski definition) is 1. The fourth-order valence-corrected chi connectivity index (χ4v) is 5.80. The lowest BCUT2D eigenvalue weighted by Crippen LogP contribution is -2.36. The Bertz CT molecular complexity index is 1080. The summed E-state index contributed by atoms with van der Waals surface area (Å²) in [5.74, 6) is 1.85. The Labute approximate surface area is 184 Å². The fraction of sp³-hybridized carbons (Fsp3) is 0.455. The molecule has 3 heterocycles. The second-order valence-electron chi connectivity index (χ2n) is 8.16. The molecule has 1 aliphatic carbocycles. The van der Waals surface area contributed by atoms with Crippen molar-refractivity contribution >= 4 is 44.7 Å². The van der Waals surface area contributed by atoms with Gasteiger partial charge in [-0.1, -0.05) is 18.5 Å². The molecule has 3 aromatic rings. The molecule has 0 saturated carbocycles. The first-order valence-electron chi connectivity index (χ1n) is 10.4. The Kier molecular flexibility index (Phi) is 5.62. The van der Waals surface area contributed by atoms with Crippen molar-refractivity contribution in [3.63, 3.8) is 0 Å². The summed E-state index contributed by atoms with van der Waals surface area (Å²) in [6.45, 7) is 6.26. The number of thiophene rings is 1. The molecule has 2 aromatic heterocycles. The van der Waals surface area contributed by atoms with Gasteiger partial charge in [-0.3, -0.25) is 4.90 Å². The number of anilines is 2. The third-order valence-corrected chi connectivity index (χ3v) is 7.29. The maximum Gasteiger partial charge on any atom is 0.146 e. The molecule has 0 radical (unpaired) electrons. The molecule has 158 valence electrons. The lowest BCUT2D eigenvalue weighted by molar-refractivity contribution is 0.0331. The highest BCUT2D eigenvalue weighted by molar-refractivity contribution is 7.19. The van der Waals surface area contributed by atoms with Crippen LogP contribution in [0.25, 0.3) is 10.2 Å². The summed E-state index contributed by atoms with van der Waals surface area (Å²) in [6.07, 6.45) is 3.31. The van der Waals surface area contributed by atoms with Crippen molar-refractivity contribution in [2.24, 2.45) is 5.92 Å². The molecule has 2 aliphatic rings. The molecule has 0 bridgehead atoms. The lowest BCUT2D eigenvalue weighted by Gasteiger charge is -2.26. The van der Waals surface area contributed by atoms with Crippen LogP contribution in [0.2, 0.25) is 5.02 Å². The summed E-state index contributed by atoms with van der Waals surface area (Å²) >= 11 is 7.79. The Morgan fingerprint density at radius 2 is 2.13 bits per heavy atom. The molecule has 1 fully saturated rings. The minimum atomic E-state index is -0.426. The zero-order chi connectivity index (χ0) is 20.7. The van der Waals surface area contributed by atoms with E-state index in [1.54, 1.807) is 23.5 Å². The molecule has 1 saturated heterocycles. The monoisotopic (exact) mass is 446 g/mol. The average Bonchev–Trinajstić information content (AvgIpc) is 3.09. The minimum absolute atomic E-state index is 0.0972. The van der Waals surface area contributed by atoms with Gasteiger partial charge in [0.2, 0.25) is 0 Å². The van der Waals surface area contributed by atoms with Crippen LogP contribution in [0.4, 0.5) is 15.9 Å². The van der Waals surface area contributed by atoms with Crippen molar-refractivity contribution in [1.82, 2.24) is 14.9 Å². The Hall–Kier alpha value is -1.80. The highest BCUT2D eigenvalue weighted by Gasteiger charge is 2.25. The van der Waals surface area contributed by atoms with Gasteiger partial charge < -0.3 is 10.1 Å². The summed E-state index contributed by atoms with van der Waals surface area (Å²) in [7, 11) is 0. The number of halogens is 2. The maximum absolute atomic E-state index is 13.6. The smallest absolute Gasteiger partial charge is 0.146 e. The van der Waals surface area contributed by atoms with Crippen LogP contribution in [0.1, 0.15) is 29.6 Å². The number of morpholine rings is 1. The summed E-state index contributed by atoms with van der Waals surface area (Å²) in [5.41, 5.74) is 2.09. The number of rotatable bonds is 4. The van der Waals surface area contributed by atoms with Gasteiger partial charge in [-0.05, 0) is 48.9 Å². The van der Waals surface area contributed by atoms with Crippen LogP contribution in [0.15, 0.2) is 18.2 Å². The van der Waals surface area contributed by atoms with Gasteiger partial charge in [-0.2, -0.15) is 0 Å². The highest BCUT2D eigenvalue weighted by atomic mass is 35.5. The molecule has 1 N–H and O–H groups in total. The standard InChI is InChI=1S/C22H24ClFN4OS/c1-13-2-4-15-18(10-13)30-22-20(15)21(25-14-3-5-17(24)16(23)11-14)26-19(27-22)12-28-6-8-29-9-7-28/h3,5,11,13H,2,4,6-10,12H2,1H3,(H,25,26,27). The molecule has 0 amide bonds. The van der Waals surface area contributed by atoms with Crippen molar-refractivity contribution in [3.05, 3.63) is 45.3 Å². The van der Waals surface area contributed by atoms with Gasteiger partial charge in [-0.25, -0.2) is 14.4 Å². The Balaban J connectivity index is 1.56. The fourth-order valence-electron chi connectivity index (χ4n) is 4.22. The van der Waals surface area contributed by atoms with E-state index in [2.05, 4.69) is 17.1 Å². The molecule has 5 nitrogen and oxygen atoms in total. The summed E-state index contributed by atoms with van der Waals surface area (Å²) < 4.78 is 19.1. The average molecular weight is 447 g/mol. The van der Waals surface area contributed by atoms with E-state index in [9.17, 15) is 4.39 Å². The highest BCUT2D eigenvalue weighted by Crippen LogP contribution is 2.41. The summed E-state index contributed by atoms with van der Waals surface area (Å²) in [4.78, 5) is 14.6. The van der Waals surface area contributed by atoms with Gasteiger partial charge in [0.1, 0.15) is 22.3 Å². The zero-order valence-corrected chi connectivity index (χ0v) is 18.5. The number of hydrogen-bond acceptors (Lipinski definition) is 6. The van der Waals surface area contributed by atoms with Crippen LogP contribution >= 0.6 is 22.9 Å². The van der Waals surface area contributed by atoms with E-state index in [1.165, 1.54) is 22.9 Å². The lowest BCUT2D eigenvalue weighted by atomic mass is 9.89. The molecule has 1 unspecified atom stereocenters. The molecule has 8 heteroatoms. The van der Waals surface area contributed by atoms with Gasteiger partial charge in [-0.15, -0.1) is 11.3 Å². The van der Waals surface area contributed by atoms with Crippen molar-refractivity contribution in [2.45, 2.75) is 32.7 Å². The number of nitrogens with one attached hydrogen (secondary N) is 1. The second kappa shape index (κ2) is 8.38. The molecule has 30 heavy (non-hydrogen) atoms. The van der Waals surface area contributed by atoms with E-state index in [1.807, 2.05) is 0 Å². The summed E-state index contributed by atoms with van der Waals surface area (Å²) in [5, 5.41) is 4.60. The van der Waals surface area contributed by atoms with Crippen LogP contribution in [0.3, 0.4) is 0 Å². The number of aromatic nitrogens is 2. The van der Waals surface area contributed by atoms with Crippen LogP contribution in [0, 0.1) is 11.7 Å². The summed E-state index contributed by atoms with van der Waals surface area (Å²) in [6, 6.07) is 4.67. The van der Waals surface area contributed by atoms with Crippen molar-refractivity contribution in [1.29, 1.82) is 0 Å². The van der Waals surface area contributed by atoms with Gasteiger partial charge in [0, 0.05) is 23.7 Å². The third-order valence-electron chi connectivity index (χ3n) is 5.85. The van der Waals surface area contributed by atoms with Gasteiger partial charge in [0.25, 0.3) is 0 Å². The first-order valence-corrected chi connectivity index (χ1v) is 11.6. The van der Waals surface area contributed by atoms with E-state index < -0.39 is 5.82 Å². The van der Waals surface area contributed by atoms with Gasteiger partial charge in [0.15, 0.2) is 0 Å². The molecule has 1 aliphatic heterocycles. The quantitative estimate of drug-likeness (QED) is 0.598. The predicted octanol–water partition coefficient (Wildman–Crippen LogP) is 5.18. The Morgan fingerprint density at radius 1 is 1.30 bits per heavy atom. The molecule has 0 spiro atoms. The SMILES string of the molecule is CC1CCc2c(sc3nc(CN4CCOCC4)nc(Nc4ccc(F)c(Cl)c4)c23)C1. The van der Waals surface area contributed by atoms with Gasteiger partial charge >= 0.3 is 0 Å². The molecule has 5 rings (SSSR count). The van der Waals surface area contributed by atoms with Crippen molar-refractivity contribution < 1.29 is 9.13 Å². The largest absolute Gasteiger partial charge is 0.379 e. The van der Waals surface area contributed by atoms with E-state index in [4.69, 9.17) is 26.3 Å². The van der Waals surface area contributed by atoms with Crippen LogP contribution in [0.5, 0.6) is 0 Å². The second-order valence-corrected chi connectivity index (χ2v) is 9.65. The number of ether oxygens (including phenoxy) is 1. The van der Waals surface area contributed by atoms with E-state index >= 15 is 0 Å². The number of nitrogens with zero attached hydrogens (tertiary/aromatic N) is 3. The van der Waals surface area contributed by atoms with Crippen molar-refractivity contribution in [2.75, 3.05) is 31.6 Å². The van der Waals surface area contributed by atoms with Gasteiger partial charge in [0.05, 0.1) is 30.2 Å². The Morgan fingerprint density at radius 3 is 2.93 bits per heavy atom. The molecular weight excluding hydrogens is 423 g/mol. The predicted molar refractivity (Wildman–Crippen MR) is 119 cm³/mol. The first-order chi connectivity index (χ1) is 14.6. The topological polar surface area (TPSA) is 50.3 Å². The number of aryl methyl sites for hydroxylation is 1. The number of benzene rings is 1. The van der Waals surface area contributed by atoms with Crippen LogP contribution < -0.4 is 5.32 Å². The maximum atomic E-state index is 13.6. The molecule has 1 aromatic carbocycles. The first kappa shape index (κ1) is 20.1.